The summed E-state index contributed by atoms with van der Waals surface area (Å²) in [5, 5.41) is 10.0. The second-order valence-electron chi connectivity index (χ2n) is 11.5. The number of benzene rings is 2. The molecule has 0 aliphatic heterocycles. The molecule has 0 bridgehead atoms. The number of aromatic nitrogens is 2. The Morgan fingerprint density at radius 3 is 2.54 bits per heavy atom. The minimum Gasteiger partial charge on any atom is -0.493 e. The number of amides is 1. The summed E-state index contributed by atoms with van der Waals surface area (Å²) >= 11 is 12.4. The number of halogens is 2. The number of rotatable bonds is 17. The molecule has 0 radical (unpaired) electrons. The third-order valence-corrected chi connectivity index (χ3v) is 7.04. The van der Waals surface area contributed by atoms with E-state index in [1.807, 2.05) is 30.3 Å². The van der Waals surface area contributed by atoms with Crippen molar-refractivity contribution in [2.24, 2.45) is 0 Å². The molecule has 0 saturated heterocycles. The number of carbonyl (C=O) groups excluding carboxylic acids is 2. The molecule has 0 spiro atoms. The van der Waals surface area contributed by atoms with Gasteiger partial charge in [0.25, 0.3) is 5.56 Å². The van der Waals surface area contributed by atoms with Crippen LogP contribution in [0.1, 0.15) is 51.7 Å². The van der Waals surface area contributed by atoms with Gasteiger partial charge in [-0.25, -0.2) is 9.78 Å². The molecule has 1 atom stereocenters. The fourth-order valence-electron chi connectivity index (χ4n) is 4.43. The monoisotopic (exact) mass is 675 g/mol. The normalized spacial score (nSPS) is 11.9. The average Bonchev–Trinajstić information content (AvgIpc) is 2.99. The molecule has 13 heteroatoms. The smallest absolute Gasteiger partial charge is 0.407 e. The van der Waals surface area contributed by atoms with Crippen LogP contribution in [-0.4, -0.2) is 59.6 Å². The van der Waals surface area contributed by atoms with Crippen LogP contribution in [0.25, 0.3) is 0 Å². The lowest BCUT2D eigenvalue weighted by molar-refractivity contribution is -0.143. The topological polar surface area (TPSA) is 133 Å². The van der Waals surface area contributed by atoms with Gasteiger partial charge in [0.05, 0.1) is 19.4 Å². The molecule has 1 amide bonds. The molecular weight excluding hydrogens is 633 g/mol. The maximum atomic E-state index is 13.1. The number of alkyl carbamates (subject to hydrolysis) is 1. The lowest BCUT2D eigenvalue weighted by atomic mass is 10.1. The zero-order chi connectivity index (χ0) is 33.5. The quantitative estimate of drug-likeness (QED) is 0.123. The van der Waals surface area contributed by atoms with Crippen molar-refractivity contribution in [1.82, 2.24) is 20.2 Å². The van der Waals surface area contributed by atoms with Crippen molar-refractivity contribution < 1.29 is 23.8 Å². The molecule has 1 unspecified atom stereocenters. The molecule has 3 N–H and O–H groups in total. The van der Waals surface area contributed by atoms with E-state index in [1.165, 1.54) is 6.20 Å². The summed E-state index contributed by atoms with van der Waals surface area (Å²) in [7, 11) is 0. The first-order chi connectivity index (χ1) is 21.9. The van der Waals surface area contributed by atoms with Gasteiger partial charge in [0.15, 0.2) is 5.82 Å². The Hall–Kier alpha value is -3.80. The molecule has 250 valence electrons. The molecule has 1 aromatic heterocycles. The number of hydrogen-bond acceptors (Lipinski definition) is 9. The Morgan fingerprint density at radius 1 is 1.07 bits per heavy atom. The summed E-state index contributed by atoms with van der Waals surface area (Å²) in [6, 6.07) is 15.0. The summed E-state index contributed by atoms with van der Waals surface area (Å²) in [6.07, 6.45) is 3.08. The van der Waals surface area contributed by atoms with Crippen LogP contribution in [0, 0.1) is 0 Å². The first-order valence-electron chi connectivity index (χ1n) is 15.3. The Kier molecular flexibility index (Phi) is 14.6. The summed E-state index contributed by atoms with van der Waals surface area (Å²) in [6.45, 7) is 8.97. The number of ether oxygens (including phenoxy) is 3. The van der Waals surface area contributed by atoms with Gasteiger partial charge in [0.1, 0.15) is 23.0 Å². The fraction of sp³-hybridized carbons (Fsp3) is 0.455. The Bertz CT molecular complexity index is 1480. The van der Waals surface area contributed by atoms with Gasteiger partial charge in [0.2, 0.25) is 0 Å². The average molecular weight is 677 g/mol. The van der Waals surface area contributed by atoms with Crippen molar-refractivity contribution >= 4 is 41.1 Å². The molecule has 0 aliphatic carbocycles. The number of carbonyl (C=O) groups is 2. The maximum Gasteiger partial charge on any atom is 0.407 e. The van der Waals surface area contributed by atoms with Crippen molar-refractivity contribution in [3.05, 3.63) is 86.4 Å². The fourth-order valence-corrected chi connectivity index (χ4v) is 4.81. The zero-order valence-corrected chi connectivity index (χ0v) is 28.2. The molecule has 3 aromatic rings. The Balaban J connectivity index is 1.53. The van der Waals surface area contributed by atoms with Crippen LogP contribution >= 0.6 is 23.2 Å². The van der Waals surface area contributed by atoms with E-state index in [0.717, 1.165) is 28.5 Å². The van der Waals surface area contributed by atoms with Gasteiger partial charge in [-0.05, 0) is 77.3 Å². The number of hydrogen-bond donors (Lipinski definition) is 3. The lowest BCUT2D eigenvalue weighted by Gasteiger charge is -2.21. The van der Waals surface area contributed by atoms with Gasteiger partial charge < -0.3 is 30.2 Å². The molecule has 0 fully saturated rings. The second-order valence-corrected chi connectivity index (χ2v) is 12.3. The van der Waals surface area contributed by atoms with Crippen LogP contribution in [0.15, 0.2) is 59.5 Å². The van der Waals surface area contributed by atoms with Crippen LogP contribution in [0.4, 0.5) is 10.6 Å². The first-order valence-corrected chi connectivity index (χ1v) is 16.0. The number of esters is 1. The van der Waals surface area contributed by atoms with Crippen LogP contribution in [0.3, 0.4) is 0 Å². The first kappa shape index (κ1) is 36.7. The van der Waals surface area contributed by atoms with E-state index in [9.17, 15) is 14.4 Å². The molecule has 2 aromatic carbocycles. The third-order valence-electron chi connectivity index (χ3n) is 6.50. The van der Waals surface area contributed by atoms with Crippen LogP contribution in [0.5, 0.6) is 5.75 Å². The molecule has 1 heterocycles. The summed E-state index contributed by atoms with van der Waals surface area (Å²) in [4.78, 5) is 41.4. The van der Waals surface area contributed by atoms with E-state index in [4.69, 9.17) is 37.4 Å². The predicted octanol–water partition coefficient (Wildman–Crippen LogP) is 5.61. The summed E-state index contributed by atoms with van der Waals surface area (Å²) < 4.78 is 17.4. The van der Waals surface area contributed by atoms with E-state index >= 15 is 0 Å². The molecular formula is C33H43Cl2N5O6. The predicted molar refractivity (Wildman–Crippen MR) is 180 cm³/mol. The molecule has 0 saturated carbocycles. The van der Waals surface area contributed by atoms with Crippen LogP contribution in [-0.2, 0) is 33.8 Å². The highest BCUT2D eigenvalue weighted by atomic mass is 35.5. The minimum atomic E-state index is -0.594. The number of unbranched alkanes of at least 4 members (excludes halogenated alkanes) is 1. The maximum absolute atomic E-state index is 13.1. The number of anilines is 1. The van der Waals surface area contributed by atoms with Gasteiger partial charge in [-0.3, -0.25) is 14.2 Å². The van der Waals surface area contributed by atoms with E-state index < -0.39 is 23.2 Å². The van der Waals surface area contributed by atoms with Gasteiger partial charge in [-0.2, -0.15) is 0 Å². The van der Waals surface area contributed by atoms with Crippen molar-refractivity contribution in [1.29, 1.82) is 0 Å². The SMILES string of the molecule is CCOC(=O)Cn1c(Cl)cnc(NC(CNCCCCOc2ccc(Cl)cc2CNC(=O)OC(C)(C)C)Cc2ccccc2)c1=O. The highest BCUT2D eigenvalue weighted by Gasteiger charge is 2.18. The molecule has 46 heavy (non-hydrogen) atoms. The standard InChI is InChI=1S/C33H43Cl2N5O6/c1-5-44-29(41)22-40-28(35)21-37-30(31(40)42)39-26(17-23-11-7-6-8-12-23)20-36-15-9-10-16-45-27-14-13-25(34)18-24(27)19-38-32(43)46-33(2,3)4/h6-8,11-14,18,21,26,36H,5,9-10,15-17,19-20,22H2,1-4H3,(H,37,39)(H,38,43). The number of nitrogens with one attached hydrogen (secondary N) is 3. The zero-order valence-electron chi connectivity index (χ0n) is 26.7. The van der Waals surface area contributed by atoms with E-state index in [1.54, 1.807) is 45.9 Å². The minimum absolute atomic E-state index is 0.0496. The Morgan fingerprint density at radius 2 is 1.83 bits per heavy atom. The van der Waals surface area contributed by atoms with Gasteiger partial charge in [-0.1, -0.05) is 53.5 Å². The van der Waals surface area contributed by atoms with Crippen molar-refractivity contribution in [2.75, 3.05) is 31.6 Å². The second kappa shape index (κ2) is 18.4. The summed E-state index contributed by atoms with van der Waals surface area (Å²) in [5.41, 5.74) is 0.751. The molecule has 11 nitrogen and oxygen atoms in total. The van der Waals surface area contributed by atoms with Crippen LogP contribution in [0.2, 0.25) is 10.2 Å². The molecule has 0 aliphatic rings. The largest absolute Gasteiger partial charge is 0.493 e. The van der Waals surface area contributed by atoms with Crippen molar-refractivity contribution in [3.63, 3.8) is 0 Å². The van der Waals surface area contributed by atoms with E-state index in [-0.39, 0.29) is 36.7 Å². The van der Waals surface area contributed by atoms with Gasteiger partial charge in [0, 0.05) is 29.7 Å². The summed E-state index contributed by atoms with van der Waals surface area (Å²) in [5.74, 6) is 0.189. The highest BCUT2D eigenvalue weighted by Crippen LogP contribution is 2.23. The third kappa shape index (κ3) is 12.9. The van der Waals surface area contributed by atoms with E-state index in [0.29, 0.717) is 36.9 Å². The van der Waals surface area contributed by atoms with Gasteiger partial charge >= 0.3 is 12.1 Å². The van der Waals surface area contributed by atoms with E-state index in [2.05, 4.69) is 20.9 Å². The number of nitrogens with zero attached hydrogens (tertiary/aromatic N) is 2. The van der Waals surface area contributed by atoms with Crippen molar-refractivity contribution in [2.45, 2.75) is 71.7 Å². The highest BCUT2D eigenvalue weighted by molar-refractivity contribution is 6.30. The van der Waals surface area contributed by atoms with Crippen LogP contribution < -0.4 is 26.2 Å². The van der Waals surface area contributed by atoms with Crippen molar-refractivity contribution in [3.8, 4) is 5.75 Å². The van der Waals surface area contributed by atoms with Gasteiger partial charge in [-0.15, -0.1) is 0 Å². The molecule has 3 rings (SSSR count). The lowest BCUT2D eigenvalue weighted by Crippen LogP contribution is -2.38. The Labute approximate surface area is 279 Å².